The Morgan fingerprint density at radius 1 is 0.881 bits per heavy atom. The molecule has 1 fully saturated rings. The highest BCUT2D eigenvalue weighted by molar-refractivity contribution is 6.40. The third-order valence-electron chi connectivity index (χ3n) is 6.76. The average Bonchev–Trinajstić information content (AvgIpc) is 3.47. The normalized spacial score (nSPS) is 14.1. The van der Waals surface area contributed by atoms with Crippen LogP contribution in [0.25, 0.3) is 11.4 Å². The van der Waals surface area contributed by atoms with E-state index in [-0.39, 0.29) is 27.9 Å². The molecule has 3 aromatic carbocycles. The Kier molecular flexibility index (Phi) is 9.29. The van der Waals surface area contributed by atoms with E-state index in [4.69, 9.17) is 58.0 Å². The number of carboxylic acids is 1. The molecular formula is C27H22Cl5N7O3. The van der Waals surface area contributed by atoms with Gasteiger partial charge in [-0.25, -0.2) is 4.79 Å². The molecule has 1 atom stereocenters. The number of hydrogen-bond donors (Lipinski definition) is 3. The summed E-state index contributed by atoms with van der Waals surface area (Å²) < 4.78 is 0. The zero-order valence-corrected chi connectivity index (χ0v) is 25.4. The van der Waals surface area contributed by atoms with Gasteiger partial charge in [-0.1, -0.05) is 64.1 Å². The molecule has 5 rings (SSSR count). The molecule has 0 unspecified atom stereocenters. The van der Waals surface area contributed by atoms with E-state index in [9.17, 15) is 14.7 Å². The summed E-state index contributed by atoms with van der Waals surface area (Å²) in [4.78, 5) is 29.5. The van der Waals surface area contributed by atoms with E-state index >= 15 is 0 Å². The molecule has 1 amide bonds. The topological polar surface area (TPSA) is 127 Å². The van der Waals surface area contributed by atoms with Crippen LogP contribution in [0, 0.1) is 0 Å². The van der Waals surface area contributed by atoms with Gasteiger partial charge in [-0.3, -0.25) is 4.79 Å². The fraction of sp³-hybridized carbons (Fsp3) is 0.222. The lowest BCUT2D eigenvalue weighted by Gasteiger charge is -2.38. The van der Waals surface area contributed by atoms with Crippen molar-refractivity contribution in [3.63, 3.8) is 0 Å². The lowest BCUT2D eigenvalue weighted by molar-refractivity contribution is -0.139. The molecule has 3 N–H and O–H groups in total. The van der Waals surface area contributed by atoms with Crippen LogP contribution in [0.3, 0.4) is 0 Å². The second kappa shape index (κ2) is 12.9. The summed E-state index contributed by atoms with van der Waals surface area (Å²) >= 11 is 31.6. The number of aromatic nitrogens is 4. The van der Waals surface area contributed by atoms with Gasteiger partial charge < -0.3 is 20.2 Å². The number of nitrogens with zero attached hydrogens (tertiary/aromatic N) is 5. The van der Waals surface area contributed by atoms with E-state index in [1.807, 2.05) is 18.2 Å². The zero-order valence-electron chi connectivity index (χ0n) is 21.6. The van der Waals surface area contributed by atoms with E-state index < -0.39 is 17.9 Å². The highest BCUT2D eigenvalue weighted by atomic mass is 35.5. The first-order valence-corrected chi connectivity index (χ1v) is 14.5. The number of rotatable bonds is 8. The van der Waals surface area contributed by atoms with E-state index in [0.29, 0.717) is 39.3 Å². The summed E-state index contributed by atoms with van der Waals surface area (Å²) in [6, 6.07) is 12.5. The summed E-state index contributed by atoms with van der Waals surface area (Å²) in [7, 11) is 0. The number of nitrogens with one attached hydrogen (secondary N) is 2. The molecule has 0 bridgehead atoms. The number of tetrazole rings is 1. The molecule has 0 spiro atoms. The van der Waals surface area contributed by atoms with Crippen LogP contribution in [0.2, 0.25) is 25.1 Å². The van der Waals surface area contributed by atoms with Crippen molar-refractivity contribution in [2.75, 3.05) is 36.0 Å². The van der Waals surface area contributed by atoms with Crippen LogP contribution < -0.4 is 15.1 Å². The van der Waals surface area contributed by atoms with Gasteiger partial charge in [0.1, 0.15) is 6.04 Å². The van der Waals surface area contributed by atoms with Crippen molar-refractivity contribution >= 4 is 81.3 Å². The number of carboxylic acid groups (broad SMARTS) is 1. The predicted octanol–water partition coefficient (Wildman–Crippen LogP) is 5.89. The molecule has 15 heteroatoms. The van der Waals surface area contributed by atoms with E-state index in [1.54, 1.807) is 18.2 Å². The summed E-state index contributed by atoms with van der Waals surface area (Å²) in [5, 5.41) is 27.5. The van der Waals surface area contributed by atoms with E-state index in [0.717, 1.165) is 24.5 Å². The van der Waals surface area contributed by atoms with Gasteiger partial charge in [0, 0.05) is 53.9 Å². The number of benzene rings is 3. The fourth-order valence-corrected chi connectivity index (χ4v) is 6.23. The van der Waals surface area contributed by atoms with Gasteiger partial charge in [-0.2, -0.15) is 5.21 Å². The Balaban J connectivity index is 1.24. The van der Waals surface area contributed by atoms with Crippen LogP contribution in [-0.4, -0.2) is 69.8 Å². The molecule has 0 aliphatic carbocycles. The van der Waals surface area contributed by atoms with Gasteiger partial charge >= 0.3 is 5.97 Å². The number of aromatic amines is 1. The molecular weight excluding hydrogens is 648 g/mol. The molecule has 0 radical (unpaired) electrons. The maximum absolute atomic E-state index is 13.0. The molecule has 1 aromatic heterocycles. The average molecular weight is 670 g/mol. The monoisotopic (exact) mass is 667 g/mol. The van der Waals surface area contributed by atoms with Crippen molar-refractivity contribution in [1.82, 2.24) is 25.9 Å². The zero-order chi connectivity index (χ0) is 30.0. The van der Waals surface area contributed by atoms with Crippen LogP contribution in [0.15, 0.2) is 48.5 Å². The smallest absolute Gasteiger partial charge is 0.326 e. The van der Waals surface area contributed by atoms with Gasteiger partial charge in [0.25, 0.3) is 5.91 Å². The Hall–Kier alpha value is -3.28. The Morgan fingerprint density at radius 3 is 2.10 bits per heavy atom. The minimum atomic E-state index is -1.27. The van der Waals surface area contributed by atoms with Crippen molar-refractivity contribution in [3.8, 4) is 11.4 Å². The second-order valence-corrected chi connectivity index (χ2v) is 11.6. The van der Waals surface area contributed by atoms with Gasteiger partial charge in [-0.05, 0) is 53.2 Å². The molecule has 1 aliphatic heterocycles. The van der Waals surface area contributed by atoms with Crippen molar-refractivity contribution in [2.24, 2.45) is 0 Å². The summed E-state index contributed by atoms with van der Waals surface area (Å²) in [6.07, 6.45) is -0.0133. The van der Waals surface area contributed by atoms with Gasteiger partial charge in [-0.15, -0.1) is 10.2 Å². The molecule has 42 heavy (non-hydrogen) atoms. The fourth-order valence-electron chi connectivity index (χ4n) is 4.73. The SMILES string of the molecule is O=C(N[C@@H](Cc1ccc(N2CCN(c3cc(Cl)cc(Cl)c3)CC2)c(Cl)c1)C(=O)O)c1c(Cl)cc(-c2nn[nH]n2)cc1Cl. The standard InChI is InChI=1S/C27H22Cl5N7O3/c28-16-11-17(29)13-18(12-16)38-3-5-39(6-4-38)23-2-1-14(7-19(23)30)8-22(27(41)42)33-26(40)24-20(31)9-15(10-21(24)32)25-34-36-37-35-25/h1-2,7,9-13,22H,3-6,8H2,(H,33,40)(H,41,42)(H,34,35,36,37)/t22-/m0/s1. The van der Waals surface area contributed by atoms with Crippen molar-refractivity contribution in [2.45, 2.75) is 12.5 Å². The molecule has 1 saturated heterocycles. The Bertz CT molecular complexity index is 1590. The maximum atomic E-state index is 13.0. The van der Waals surface area contributed by atoms with Crippen LogP contribution in [0.4, 0.5) is 11.4 Å². The molecule has 0 saturated carbocycles. The minimum absolute atomic E-state index is 0.00916. The lowest BCUT2D eigenvalue weighted by atomic mass is 10.0. The van der Waals surface area contributed by atoms with Crippen molar-refractivity contribution in [3.05, 3.63) is 84.8 Å². The quantitative estimate of drug-likeness (QED) is 0.212. The minimum Gasteiger partial charge on any atom is -0.480 e. The molecule has 1 aliphatic rings. The third kappa shape index (κ3) is 6.85. The number of aliphatic carboxylic acids is 1. The maximum Gasteiger partial charge on any atom is 0.326 e. The number of halogens is 5. The summed E-state index contributed by atoms with van der Waals surface area (Å²) in [5.41, 5.74) is 2.80. The van der Waals surface area contributed by atoms with Crippen LogP contribution in [0.1, 0.15) is 15.9 Å². The molecule has 10 nitrogen and oxygen atoms in total. The largest absolute Gasteiger partial charge is 0.480 e. The number of carbonyl (C=O) groups excluding carboxylic acids is 1. The number of hydrogen-bond acceptors (Lipinski definition) is 7. The molecule has 4 aromatic rings. The van der Waals surface area contributed by atoms with E-state index in [1.165, 1.54) is 12.1 Å². The first-order valence-electron chi connectivity index (χ1n) is 12.6. The number of amides is 1. The summed E-state index contributed by atoms with van der Waals surface area (Å²) in [5.74, 6) is -1.72. The van der Waals surface area contributed by atoms with Gasteiger partial charge in [0.2, 0.25) is 5.82 Å². The number of anilines is 2. The van der Waals surface area contributed by atoms with Crippen LogP contribution >= 0.6 is 58.0 Å². The van der Waals surface area contributed by atoms with Crippen molar-refractivity contribution in [1.29, 1.82) is 0 Å². The molecule has 218 valence electrons. The first kappa shape index (κ1) is 30.2. The van der Waals surface area contributed by atoms with Crippen LogP contribution in [-0.2, 0) is 11.2 Å². The Labute approximate surface area is 265 Å². The number of piperazine rings is 1. The first-order chi connectivity index (χ1) is 20.1. The van der Waals surface area contributed by atoms with Crippen LogP contribution in [0.5, 0.6) is 0 Å². The number of H-pyrrole nitrogens is 1. The predicted molar refractivity (Wildman–Crippen MR) is 165 cm³/mol. The molecule has 2 heterocycles. The highest BCUT2D eigenvalue weighted by Gasteiger charge is 2.26. The van der Waals surface area contributed by atoms with Gasteiger partial charge in [0.15, 0.2) is 0 Å². The highest BCUT2D eigenvalue weighted by Crippen LogP contribution is 2.32. The number of carbonyl (C=O) groups is 2. The van der Waals surface area contributed by atoms with Gasteiger partial charge in [0.05, 0.1) is 26.3 Å². The third-order valence-corrected chi connectivity index (χ3v) is 8.10. The van der Waals surface area contributed by atoms with E-state index in [2.05, 4.69) is 35.7 Å². The Morgan fingerprint density at radius 2 is 1.52 bits per heavy atom. The summed E-state index contributed by atoms with van der Waals surface area (Å²) in [6.45, 7) is 2.90. The second-order valence-electron chi connectivity index (χ2n) is 9.51. The van der Waals surface area contributed by atoms with Crippen molar-refractivity contribution < 1.29 is 14.7 Å². The lowest BCUT2D eigenvalue weighted by Crippen LogP contribution is -2.46.